The molecule has 0 radical (unpaired) electrons. The quantitative estimate of drug-likeness (QED) is 0.526. The first kappa shape index (κ1) is 21.9. The van der Waals surface area contributed by atoms with Gasteiger partial charge < -0.3 is 4.90 Å². The first-order valence-corrected chi connectivity index (χ1v) is 11.3. The first-order chi connectivity index (χ1) is 14.3. The Morgan fingerprint density at radius 2 is 1.63 bits per heavy atom. The van der Waals surface area contributed by atoms with E-state index in [1.165, 1.54) is 21.3 Å². The van der Waals surface area contributed by atoms with Gasteiger partial charge in [-0.3, -0.25) is 9.10 Å². The minimum absolute atomic E-state index is 0.0789. The number of benzene rings is 3. The molecular weight excluding hydrogens is 420 g/mol. The Bertz CT molecular complexity index is 1130. The number of hydrogen-bond acceptors (Lipinski definition) is 3. The first-order valence-electron chi connectivity index (χ1n) is 9.50. The highest BCUT2D eigenvalue weighted by atomic mass is 35.5. The van der Waals surface area contributed by atoms with Crippen LogP contribution in [0.25, 0.3) is 0 Å². The SMILES string of the molecule is CCN(c1ccccc1)S(=O)(=O)c1cccc(C(=O)N(C)Cc2cccc(Cl)c2)c1. The molecule has 0 aliphatic rings. The van der Waals surface area contributed by atoms with Crippen molar-refractivity contribution in [1.29, 1.82) is 0 Å². The Morgan fingerprint density at radius 3 is 2.30 bits per heavy atom. The number of rotatable bonds is 7. The molecule has 30 heavy (non-hydrogen) atoms. The van der Waals surface area contributed by atoms with E-state index in [0.29, 0.717) is 22.8 Å². The smallest absolute Gasteiger partial charge is 0.264 e. The summed E-state index contributed by atoms with van der Waals surface area (Å²) in [5, 5.41) is 0.599. The van der Waals surface area contributed by atoms with Crippen molar-refractivity contribution < 1.29 is 13.2 Å². The van der Waals surface area contributed by atoms with Crippen molar-refractivity contribution >= 4 is 33.2 Å². The van der Waals surface area contributed by atoms with Gasteiger partial charge in [-0.1, -0.05) is 48.0 Å². The van der Waals surface area contributed by atoms with Gasteiger partial charge in [-0.2, -0.15) is 0 Å². The van der Waals surface area contributed by atoms with E-state index >= 15 is 0 Å². The predicted molar refractivity (Wildman–Crippen MR) is 120 cm³/mol. The van der Waals surface area contributed by atoms with Crippen LogP contribution in [0.4, 0.5) is 5.69 Å². The highest BCUT2D eigenvalue weighted by molar-refractivity contribution is 7.92. The van der Waals surface area contributed by atoms with Crippen LogP contribution >= 0.6 is 11.6 Å². The number of carbonyl (C=O) groups is 1. The van der Waals surface area contributed by atoms with Crippen LogP contribution in [0.1, 0.15) is 22.8 Å². The van der Waals surface area contributed by atoms with Gasteiger partial charge in [0.05, 0.1) is 10.6 Å². The van der Waals surface area contributed by atoms with Gasteiger partial charge in [0.1, 0.15) is 0 Å². The minimum atomic E-state index is -3.81. The molecule has 0 saturated heterocycles. The third kappa shape index (κ3) is 4.83. The van der Waals surface area contributed by atoms with Crippen molar-refractivity contribution in [3.63, 3.8) is 0 Å². The summed E-state index contributed by atoms with van der Waals surface area (Å²) < 4.78 is 27.8. The maximum atomic E-state index is 13.2. The van der Waals surface area contributed by atoms with E-state index in [0.717, 1.165) is 5.56 Å². The molecule has 0 heterocycles. The molecule has 156 valence electrons. The van der Waals surface area contributed by atoms with Gasteiger partial charge in [-0.15, -0.1) is 0 Å². The Balaban J connectivity index is 1.86. The lowest BCUT2D eigenvalue weighted by Crippen LogP contribution is -2.31. The fraction of sp³-hybridized carbons (Fsp3) is 0.174. The monoisotopic (exact) mass is 442 g/mol. The summed E-state index contributed by atoms with van der Waals surface area (Å²) in [6.07, 6.45) is 0. The number of sulfonamides is 1. The number of hydrogen-bond donors (Lipinski definition) is 0. The molecule has 0 aromatic heterocycles. The van der Waals surface area contributed by atoms with Gasteiger partial charge in [0.25, 0.3) is 15.9 Å². The van der Waals surface area contributed by atoms with Crippen molar-refractivity contribution in [3.05, 3.63) is 95.0 Å². The summed E-state index contributed by atoms with van der Waals surface area (Å²) in [4.78, 5) is 14.5. The molecule has 7 heteroatoms. The van der Waals surface area contributed by atoms with E-state index in [1.54, 1.807) is 62.5 Å². The molecule has 3 aromatic rings. The van der Waals surface area contributed by atoms with E-state index in [9.17, 15) is 13.2 Å². The highest BCUT2D eigenvalue weighted by Crippen LogP contribution is 2.24. The number of halogens is 1. The average Bonchev–Trinajstić information content (AvgIpc) is 2.74. The fourth-order valence-corrected chi connectivity index (χ4v) is 4.94. The van der Waals surface area contributed by atoms with Gasteiger partial charge >= 0.3 is 0 Å². The van der Waals surface area contributed by atoms with Crippen molar-refractivity contribution in [2.75, 3.05) is 17.9 Å². The van der Waals surface area contributed by atoms with E-state index < -0.39 is 10.0 Å². The summed E-state index contributed by atoms with van der Waals surface area (Å²) in [5.41, 5.74) is 1.78. The largest absolute Gasteiger partial charge is 0.337 e. The fourth-order valence-electron chi connectivity index (χ4n) is 3.20. The maximum absolute atomic E-state index is 13.2. The zero-order valence-electron chi connectivity index (χ0n) is 16.8. The van der Waals surface area contributed by atoms with Crippen molar-refractivity contribution in [2.45, 2.75) is 18.4 Å². The molecule has 0 N–H and O–H groups in total. The van der Waals surface area contributed by atoms with Gasteiger partial charge in [0, 0.05) is 30.7 Å². The molecule has 5 nitrogen and oxygen atoms in total. The third-order valence-corrected chi connectivity index (χ3v) is 6.79. The van der Waals surface area contributed by atoms with Gasteiger partial charge in [-0.05, 0) is 55.0 Å². The molecule has 0 bridgehead atoms. The molecule has 0 aliphatic carbocycles. The lowest BCUT2D eigenvalue weighted by Gasteiger charge is -2.23. The van der Waals surface area contributed by atoms with Crippen molar-refractivity contribution in [2.24, 2.45) is 0 Å². The number of nitrogens with zero attached hydrogens (tertiary/aromatic N) is 2. The molecule has 3 rings (SSSR count). The molecule has 0 fully saturated rings. The van der Waals surface area contributed by atoms with Crippen LogP contribution in [0.15, 0.2) is 83.8 Å². The molecule has 0 spiro atoms. The lowest BCUT2D eigenvalue weighted by atomic mass is 10.1. The molecule has 0 unspecified atom stereocenters. The van der Waals surface area contributed by atoms with E-state index in [-0.39, 0.29) is 17.3 Å². The summed E-state index contributed by atoms with van der Waals surface area (Å²) in [6, 6.07) is 22.3. The van der Waals surface area contributed by atoms with Crippen molar-refractivity contribution in [1.82, 2.24) is 4.90 Å². The average molecular weight is 443 g/mol. The van der Waals surface area contributed by atoms with Gasteiger partial charge in [0.15, 0.2) is 0 Å². The van der Waals surface area contributed by atoms with Crippen LogP contribution in [-0.4, -0.2) is 32.8 Å². The molecule has 0 aliphatic heterocycles. The molecule has 0 saturated carbocycles. The second-order valence-corrected chi connectivity index (χ2v) is 9.12. The predicted octanol–water partition coefficient (Wildman–Crippen LogP) is 4.83. The van der Waals surface area contributed by atoms with Crippen LogP contribution in [-0.2, 0) is 16.6 Å². The Morgan fingerprint density at radius 1 is 0.933 bits per heavy atom. The zero-order chi connectivity index (χ0) is 21.7. The van der Waals surface area contributed by atoms with Crippen LogP contribution < -0.4 is 4.31 Å². The molecule has 1 amide bonds. The Kier molecular flexibility index (Phi) is 6.80. The summed E-state index contributed by atoms with van der Waals surface area (Å²) in [6.45, 7) is 2.42. The van der Waals surface area contributed by atoms with E-state index in [2.05, 4.69) is 0 Å². The van der Waals surface area contributed by atoms with Crippen LogP contribution in [0.2, 0.25) is 5.02 Å². The number of anilines is 1. The second-order valence-electron chi connectivity index (χ2n) is 6.82. The summed E-state index contributed by atoms with van der Waals surface area (Å²) in [7, 11) is -2.13. The zero-order valence-corrected chi connectivity index (χ0v) is 18.4. The molecule has 0 atom stereocenters. The topological polar surface area (TPSA) is 57.7 Å². The van der Waals surface area contributed by atoms with Crippen LogP contribution in [0.3, 0.4) is 0 Å². The number of para-hydroxylation sites is 1. The number of amides is 1. The Hall–Kier alpha value is -2.83. The standard InChI is InChI=1S/C23H23ClN2O3S/c1-3-26(21-12-5-4-6-13-21)30(28,29)22-14-8-10-19(16-22)23(27)25(2)17-18-9-7-11-20(24)15-18/h4-16H,3,17H2,1-2H3. The molecule has 3 aromatic carbocycles. The van der Waals surface area contributed by atoms with Crippen LogP contribution in [0.5, 0.6) is 0 Å². The highest BCUT2D eigenvalue weighted by Gasteiger charge is 2.25. The minimum Gasteiger partial charge on any atom is -0.337 e. The third-order valence-electron chi connectivity index (χ3n) is 4.66. The Labute approximate surface area is 182 Å². The lowest BCUT2D eigenvalue weighted by molar-refractivity contribution is 0.0785. The summed E-state index contributed by atoms with van der Waals surface area (Å²) >= 11 is 6.01. The van der Waals surface area contributed by atoms with E-state index in [4.69, 9.17) is 11.6 Å². The number of carbonyl (C=O) groups excluding carboxylic acids is 1. The van der Waals surface area contributed by atoms with E-state index in [1.807, 2.05) is 18.2 Å². The van der Waals surface area contributed by atoms with Gasteiger partial charge in [-0.25, -0.2) is 8.42 Å². The second kappa shape index (κ2) is 9.32. The van der Waals surface area contributed by atoms with Crippen LogP contribution in [0, 0.1) is 0 Å². The van der Waals surface area contributed by atoms with Crippen molar-refractivity contribution in [3.8, 4) is 0 Å². The van der Waals surface area contributed by atoms with Gasteiger partial charge in [0.2, 0.25) is 0 Å². The normalized spacial score (nSPS) is 11.2. The molecular formula is C23H23ClN2O3S. The summed E-state index contributed by atoms with van der Waals surface area (Å²) in [5.74, 6) is -0.269. The maximum Gasteiger partial charge on any atom is 0.264 e.